The Bertz CT molecular complexity index is 563. The maximum Gasteiger partial charge on any atom is 0.387 e. The lowest BCUT2D eigenvalue weighted by molar-refractivity contribution is -0.0945. The van der Waals surface area contributed by atoms with E-state index in [0.29, 0.717) is 37.8 Å². The third-order valence-electron chi connectivity index (χ3n) is 3.82. The molecule has 1 saturated heterocycles. The molecule has 0 aliphatic carbocycles. The van der Waals surface area contributed by atoms with Crippen LogP contribution in [0.3, 0.4) is 0 Å². The predicted molar refractivity (Wildman–Crippen MR) is 90.9 cm³/mol. The first-order valence-corrected chi connectivity index (χ1v) is 8.24. The van der Waals surface area contributed by atoms with Crippen molar-refractivity contribution in [2.24, 2.45) is 10.4 Å². The van der Waals surface area contributed by atoms with Crippen LogP contribution in [-0.4, -0.2) is 50.5 Å². The zero-order chi connectivity index (χ0) is 18.3. The Kier molecular flexibility index (Phi) is 6.95. The number of aliphatic imine (C=N–C) groups is 1. The van der Waals surface area contributed by atoms with Crippen LogP contribution in [0.15, 0.2) is 29.3 Å². The summed E-state index contributed by atoms with van der Waals surface area (Å²) in [7, 11) is 0. The Morgan fingerprint density at radius 1 is 1.32 bits per heavy atom. The Morgan fingerprint density at radius 3 is 2.52 bits per heavy atom. The van der Waals surface area contributed by atoms with Gasteiger partial charge in [0.1, 0.15) is 5.75 Å². The maximum atomic E-state index is 12.1. The number of nitrogens with one attached hydrogen (secondary N) is 2. The van der Waals surface area contributed by atoms with Crippen LogP contribution in [0.4, 0.5) is 8.78 Å². The summed E-state index contributed by atoms with van der Waals surface area (Å²) in [5.74, 6) is 0.678. The molecule has 0 bridgehead atoms. The maximum absolute atomic E-state index is 12.1. The van der Waals surface area contributed by atoms with E-state index in [-0.39, 0.29) is 17.7 Å². The number of alkyl halides is 2. The summed E-state index contributed by atoms with van der Waals surface area (Å²) >= 11 is 0. The van der Waals surface area contributed by atoms with Gasteiger partial charge in [0.25, 0.3) is 0 Å². The minimum absolute atomic E-state index is 0.0600. The first-order valence-electron chi connectivity index (χ1n) is 8.24. The highest BCUT2D eigenvalue weighted by molar-refractivity contribution is 5.79. The molecule has 1 atom stereocenters. The van der Waals surface area contributed by atoms with Gasteiger partial charge < -0.3 is 25.2 Å². The van der Waals surface area contributed by atoms with E-state index in [0.717, 1.165) is 0 Å². The number of benzene rings is 1. The van der Waals surface area contributed by atoms with Crippen molar-refractivity contribution in [2.45, 2.75) is 26.6 Å². The molecule has 1 heterocycles. The fourth-order valence-electron chi connectivity index (χ4n) is 2.34. The third kappa shape index (κ3) is 6.13. The van der Waals surface area contributed by atoms with Gasteiger partial charge in [-0.05, 0) is 24.6 Å². The molecule has 1 aromatic rings. The van der Waals surface area contributed by atoms with Crippen molar-refractivity contribution in [3.63, 3.8) is 0 Å². The molecule has 0 saturated carbocycles. The molecule has 1 aliphatic rings. The first kappa shape index (κ1) is 19.4. The number of halogens is 2. The van der Waals surface area contributed by atoms with Crippen molar-refractivity contribution >= 4 is 5.96 Å². The topological polar surface area (TPSA) is 75.1 Å². The van der Waals surface area contributed by atoms with Crippen LogP contribution in [0.5, 0.6) is 5.75 Å². The van der Waals surface area contributed by atoms with Gasteiger partial charge in [0, 0.05) is 18.5 Å². The number of aliphatic hydroxyl groups is 1. The van der Waals surface area contributed by atoms with Crippen LogP contribution < -0.4 is 15.4 Å². The van der Waals surface area contributed by atoms with Gasteiger partial charge in [-0.1, -0.05) is 19.1 Å². The molecule has 1 aliphatic heterocycles. The number of ether oxygens (including phenoxy) is 2. The summed E-state index contributed by atoms with van der Waals surface area (Å²) in [6, 6.07) is 5.92. The van der Waals surface area contributed by atoms with E-state index in [9.17, 15) is 13.9 Å². The van der Waals surface area contributed by atoms with E-state index >= 15 is 0 Å². The van der Waals surface area contributed by atoms with E-state index in [1.807, 2.05) is 6.92 Å². The molecule has 3 N–H and O–H groups in total. The highest BCUT2D eigenvalue weighted by atomic mass is 19.3. The lowest BCUT2D eigenvalue weighted by Crippen LogP contribution is -2.45. The van der Waals surface area contributed by atoms with Gasteiger partial charge in [-0.25, -0.2) is 0 Å². The van der Waals surface area contributed by atoms with E-state index in [2.05, 4.69) is 27.3 Å². The fourth-order valence-corrected chi connectivity index (χ4v) is 2.34. The molecule has 0 aromatic heterocycles. The summed E-state index contributed by atoms with van der Waals surface area (Å²) in [6.45, 7) is 4.20. The van der Waals surface area contributed by atoms with E-state index in [1.165, 1.54) is 12.1 Å². The molecule has 0 radical (unpaired) electrons. The SMILES string of the molecule is CCNC(=NCC1(C)COC1)NCC(O)c1ccc(OC(F)F)cc1. The van der Waals surface area contributed by atoms with E-state index in [1.54, 1.807) is 12.1 Å². The molecule has 140 valence electrons. The Hall–Kier alpha value is -1.93. The van der Waals surface area contributed by atoms with Crippen molar-refractivity contribution in [1.82, 2.24) is 10.6 Å². The summed E-state index contributed by atoms with van der Waals surface area (Å²) < 4.78 is 33.8. The summed E-state index contributed by atoms with van der Waals surface area (Å²) in [5.41, 5.74) is 0.672. The second kappa shape index (κ2) is 8.96. The van der Waals surface area contributed by atoms with Gasteiger partial charge in [0.05, 0.1) is 25.9 Å². The number of rotatable bonds is 8. The molecule has 25 heavy (non-hydrogen) atoms. The molecule has 1 aromatic carbocycles. The number of nitrogens with zero attached hydrogens (tertiary/aromatic N) is 1. The molecular weight excluding hydrogens is 332 g/mol. The van der Waals surface area contributed by atoms with Gasteiger partial charge >= 0.3 is 6.61 Å². The lowest BCUT2D eigenvalue weighted by atomic mass is 9.89. The quantitative estimate of drug-likeness (QED) is 0.490. The Labute approximate surface area is 146 Å². The molecule has 1 unspecified atom stereocenters. The molecule has 2 rings (SSSR count). The number of hydrogen-bond acceptors (Lipinski definition) is 4. The van der Waals surface area contributed by atoms with Crippen molar-refractivity contribution in [1.29, 1.82) is 0 Å². The highest BCUT2D eigenvalue weighted by Gasteiger charge is 2.33. The van der Waals surface area contributed by atoms with Crippen molar-refractivity contribution in [3.8, 4) is 5.75 Å². The van der Waals surface area contributed by atoms with Crippen molar-refractivity contribution in [2.75, 3.05) is 32.8 Å². The zero-order valence-corrected chi connectivity index (χ0v) is 14.5. The smallest absolute Gasteiger partial charge is 0.387 e. The fraction of sp³-hybridized carbons (Fsp3) is 0.588. The summed E-state index contributed by atoms with van der Waals surface area (Å²) in [4.78, 5) is 4.52. The lowest BCUT2D eigenvalue weighted by Gasteiger charge is -2.36. The van der Waals surface area contributed by atoms with Gasteiger partial charge in [-0.15, -0.1) is 0 Å². The Morgan fingerprint density at radius 2 is 2.00 bits per heavy atom. The molecule has 1 fully saturated rings. The van der Waals surface area contributed by atoms with E-state index < -0.39 is 12.7 Å². The normalized spacial score (nSPS) is 17.8. The zero-order valence-electron chi connectivity index (χ0n) is 14.5. The average Bonchev–Trinajstić information content (AvgIpc) is 2.55. The number of guanidine groups is 1. The van der Waals surface area contributed by atoms with Crippen LogP contribution >= 0.6 is 0 Å². The standard InChI is InChI=1S/C17H25F2N3O3/c1-3-20-16(22-9-17(2)10-24-11-17)21-8-14(23)12-4-6-13(7-5-12)25-15(18)19/h4-7,14-15,23H,3,8-11H2,1-2H3,(H2,20,21,22). The monoisotopic (exact) mass is 357 g/mol. The number of aliphatic hydroxyl groups excluding tert-OH is 1. The van der Waals surface area contributed by atoms with E-state index in [4.69, 9.17) is 4.74 Å². The van der Waals surface area contributed by atoms with Crippen molar-refractivity contribution in [3.05, 3.63) is 29.8 Å². The second-order valence-electron chi connectivity index (χ2n) is 6.34. The van der Waals surface area contributed by atoms with Crippen LogP contribution in [0.25, 0.3) is 0 Å². The molecular formula is C17H25F2N3O3. The van der Waals surface area contributed by atoms with Gasteiger partial charge in [0.2, 0.25) is 0 Å². The minimum atomic E-state index is -2.86. The highest BCUT2D eigenvalue weighted by Crippen LogP contribution is 2.26. The van der Waals surface area contributed by atoms with Crippen molar-refractivity contribution < 1.29 is 23.4 Å². The number of hydrogen-bond donors (Lipinski definition) is 3. The second-order valence-corrected chi connectivity index (χ2v) is 6.34. The predicted octanol–water partition coefficient (Wildman–Crippen LogP) is 1.91. The molecule has 0 amide bonds. The van der Waals surface area contributed by atoms with Crippen LogP contribution in [0.2, 0.25) is 0 Å². The Balaban J connectivity index is 1.87. The van der Waals surface area contributed by atoms with Crippen LogP contribution in [0, 0.1) is 5.41 Å². The summed E-state index contributed by atoms with van der Waals surface area (Å²) in [6.07, 6.45) is -0.799. The van der Waals surface area contributed by atoms with Crippen LogP contribution in [0.1, 0.15) is 25.5 Å². The molecule has 6 nitrogen and oxygen atoms in total. The van der Waals surface area contributed by atoms with Crippen LogP contribution in [-0.2, 0) is 4.74 Å². The first-order chi connectivity index (χ1) is 11.9. The van der Waals surface area contributed by atoms with Gasteiger partial charge in [0.15, 0.2) is 5.96 Å². The largest absolute Gasteiger partial charge is 0.435 e. The summed E-state index contributed by atoms with van der Waals surface area (Å²) in [5, 5.41) is 16.4. The molecule has 0 spiro atoms. The van der Waals surface area contributed by atoms with Gasteiger partial charge in [-0.2, -0.15) is 8.78 Å². The van der Waals surface area contributed by atoms with Gasteiger partial charge in [-0.3, -0.25) is 4.99 Å². The minimum Gasteiger partial charge on any atom is -0.435 e. The average molecular weight is 357 g/mol. The molecule has 8 heteroatoms. The third-order valence-corrected chi connectivity index (χ3v) is 3.82.